The molecule has 0 N–H and O–H groups in total. The highest BCUT2D eigenvalue weighted by Gasteiger charge is 2.32. The average molecular weight is 344 g/mol. The third-order valence-corrected chi connectivity index (χ3v) is 4.91. The standard InChI is InChI=1S/C20H28N2O3/c1-20(2,3)25-19(24)22-13-11-21(12-14-22)17-9-6-10-18(23)16-8-5-4-7-15(16)17/h4-5,7-8,17H,6,9-14H2,1-3H3. The molecular formula is C20H28N2O3. The minimum Gasteiger partial charge on any atom is -0.444 e. The SMILES string of the molecule is CC(C)(C)OC(=O)N1CCN(C2CCCC(=O)c3ccccc32)CC1. The van der Waals surface area contributed by atoms with Gasteiger partial charge in [-0.2, -0.15) is 0 Å². The normalized spacial score (nSPS) is 22.3. The van der Waals surface area contributed by atoms with Crippen LogP contribution in [0.25, 0.3) is 0 Å². The molecule has 2 aliphatic rings. The molecule has 1 heterocycles. The van der Waals surface area contributed by atoms with Gasteiger partial charge in [0.05, 0.1) is 0 Å². The number of carbonyl (C=O) groups is 2. The molecule has 1 atom stereocenters. The van der Waals surface area contributed by atoms with Gasteiger partial charge in [-0.1, -0.05) is 24.3 Å². The van der Waals surface area contributed by atoms with Gasteiger partial charge in [-0.3, -0.25) is 9.69 Å². The van der Waals surface area contributed by atoms with Crippen molar-refractivity contribution in [2.75, 3.05) is 26.2 Å². The van der Waals surface area contributed by atoms with Gasteiger partial charge in [0.15, 0.2) is 5.78 Å². The van der Waals surface area contributed by atoms with E-state index in [9.17, 15) is 9.59 Å². The zero-order valence-electron chi connectivity index (χ0n) is 15.5. The summed E-state index contributed by atoms with van der Waals surface area (Å²) < 4.78 is 5.47. The van der Waals surface area contributed by atoms with Gasteiger partial charge in [0.25, 0.3) is 0 Å². The lowest BCUT2D eigenvalue weighted by atomic mass is 9.97. The highest BCUT2D eigenvalue weighted by atomic mass is 16.6. The van der Waals surface area contributed by atoms with Crippen LogP contribution in [-0.2, 0) is 4.74 Å². The Bertz CT molecular complexity index is 643. The number of Topliss-reactive ketones (excluding diaryl/α,β-unsaturated/α-hetero) is 1. The van der Waals surface area contributed by atoms with Gasteiger partial charge in [0.2, 0.25) is 0 Å². The Morgan fingerprint density at radius 3 is 2.48 bits per heavy atom. The van der Waals surface area contributed by atoms with Crippen molar-refractivity contribution >= 4 is 11.9 Å². The van der Waals surface area contributed by atoms with Crippen LogP contribution < -0.4 is 0 Å². The fraction of sp³-hybridized carbons (Fsp3) is 0.600. The van der Waals surface area contributed by atoms with Crippen LogP contribution in [0.3, 0.4) is 0 Å². The highest BCUT2D eigenvalue weighted by molar-refractivity contribution is 5.98. The number of rotatable bonds is 1. The smallest absolute Gasteiger partial charge is 0.410 e. The molecular weight excluding hydrogens is 316 g/mol. The number of carbonyl (C=O) groups excluding carboxylic acids is 2. The van der Waals surface area contributed by atoms with Crippen molar-refractivity contribution in [3.05, 3.63) is 35.4 Å². The van der Waals surface area contributed by atoms with Crippen molar-refractivity contribution in [3.63, 3.8) is 0 Å². The van der Waals surface area contributed by atoms with Crippen molar-refractivity contribution < 1.29 is 14.3 Å². The maximum Gasteiger partial charge on any atom is 0.410 e. The topological polar surface area (TPSA) is 49.9 Å². The second-order valence-electron chi connectivity index (χ2n) is 7.92. The van der Waals surface area contributed by atoms with Crippen molar-refractivity contribution in [1.82, 2.24) is 9.80 Å². The first-order valence-corrected chi connectivity index (χ1v) is 9.19. The molecule has 1 aromatic carbocycles. The van der Waals surface area contributed by atoms with E-state index in [-0.39, 0.29) is 17.9 Å². The number of ketones is 1. The molecule has 1 aliphatic heterocycles. The predicted molar refractivity (Wildman–Crippen MR) is 96.7 cm³/mol. The van der Waals surface area contributed by atoms with Crippen LogP contribution in [0.15, 0.2) is 24.3 Å². The molecule has 0 aromatic heterocycles. The Morgan fingerprint density at radius 2 is 1.80 bits per heavy atom. The Labute approximate surface area is 149 Å². The van der Waals surface area contributed by atoms with Crippen LogP contribution in [0, 0.1) is 0 Å². The molecule has 0 bridgehead atoms. The molecule has 3 rings (SSSR count). The predicted octanol–water partition coefficient (Wildman–Crippen LogP) is 3.65. The Morgan fingerprint density at radius 1 is 1.12 bits per heavy atom. The van der Waals surface area contributed by atoms with Gasteiger partial charge < -0.3 is 9.64 Å². The number of ether oxygens (including phenoxy) is 1. The van der Waals surface area contributed by atoms with Gasteiger partial charge in [-0.15, -0.1) is 0 Å². The van der Waals surface area contributed by atoms with Crippen LogP contribution in [0.4, 0.5) is 4.79 Å². The average Bonchev–Trinajstić information content (AvgIpc) is 2.73. The molecule has 1 fully saturated rings. The number of amides is 1. The Kier molecular flexibility index (Phi) is 5.13. The quantitative estimate of drug-likeness (QED) is 0.730. The van der Waals surface area contributed by atoms with E-state index >= 15 is 0 Å². The molecule has 0 saturated carbocycles. The summed E-state index contributed by atoms with van der Waals surface area (Å²) in [5.74, 6) is 0.255. The third-order valence-electron chi connectivity index (χ3n) is 4.91. The largest absolute Gasteiger partial charge is 0.444 e. The fourth-order valence-electron chi connectivity index (χ4n) is 3.71. The molecule has 0 spiro atoms. The van der Waals surface area contributed by atoms with E-state index in [1.165, 1.54) is 0 Å². The summed E-state index contributed by atoms with van der Waals surface area (Å²) >= 11 is 0. The van der Waals surface area contributed by atoms with E-state index in [1.54, 1.807) is 4.90 Å². The maximum absolute atomic E-state index is 12.3. The van der Waals surface area contributed by atoms with Crippen molar-refractivity contribution in [1.29, 1.82) is 0 Å². The summed E-state index contributed by atoms with van der Waals surface area (Å²) in [5.41, 5.74) is 1.56. The van der Waals surface area contributed by atoms with Crippen LogP contribution in [0.1, 0.15) is 62.0 Å². The second-order valence-corrected chi connectivity index (χ2v) is 7.92. The molecule has 1 amide bonds. The van der Waals surface area contributed by atoms with Crippen molar-refractivity contribution in [3.8, 4) is 0 Å². The zero-order chi connectivity index (χ0) is 18.0. The number of hydrogen-bond acceptors (Lipinski definition) is 4. The van der Waals surface area contributed by atoms with Gasteiger partial charge in [-0.25, -0.2) is 4.79 Å². The molecule has 1 saturated heterocycles. The molecule has 136 valence electrons. The first kappa shape index (κ1) is 17.9. The van der Waals surface area contributed by atoms with Gasteiger partial charge in [-0.05, 0) is 39.2 Å². The van der Waals surface area contributed by atoms with E-state index in [0.717, 1.165) is 37.1 Å². The fourth-order valence-corrected chi connectivity index (χ4v) is 3.71. The summed E-state index contributed by atoms with van der Waals surface area (Å²) in [4.78, 5) is 28.8. The number of fused-ring (bicyclic) bond motifs is 1. The minimum absolute atomic E-state index is 0.233. The zero-order valence-corrected chi connectivity index (χ0v) is 15.5. The Hall–Kier alpha value is -1.88. The number of nitrogens with zero attached hydrogens (tertiary/aromatic N) is 2. The number of hydrogen-bond donors (Lipinski definition) is 0. The first-order valence-electron chi connectivity index (χ1n) is 9.19. The highest BCUT2D eigenvalue weighted by Crippen LogP contribution is 2.33. The van der Waals surface area contributed by atoms with E-state index in [0.29, 0.717) is 19.5 Å². The van der Waals surface area contributed by atoms with E-state index in [1.807, 2.05) is 39.0 Å². The monoisotopic (exact) mass is 344 g/mol. The number of benzene rings is 1. The molecule has 25 heavy (non-hydrogen) atoms. The number of piperazine rings is 1. The van der Waals surface area contributed by atoms with Crippen molar-refractivity contribution in [2.24, 2.45) is 0 Å². The summed E-state index contributed by atoms with van der Waals surface area (Å²) in [6, 6.07) is 8.26. The molecule has 1 unspecified atom stereocenters. The van der Waals surface area contributed by atoms with E-state index in [2.05, 4.69) is 11.0 Å². The maximum atomic E-state index is 12.3. The summed E-state index contributed by atoms with van der Waals surface area (Å²) in [7, 11) is 0. The third kappa shape index (κ3) is 4.21. The summed E-state index contributed by atoms with van der Waals surface area (Å²) in [5, 5.41) is 0. The van der Waals surface area contributed by atoms with Crippen LogP contribution in [0.5, 0.6) is 0 Å². The molecule has 5 heteroatoms. The van der Waals surface area contributed by atoms with E-state index < -0.39 is 5.60 Å². The molecule has 1 aliphatic carbocycles. The van der Waals surface area contributed by atoms with Crippen LogP contribution >= 0.6 is 0 Å². The Balaban J connectivity index is 1.68. The molecule has 5 nitrogen and oxygen atoms in total. The summed E-state index contributed by atoms with van der Waals surface area (Å²) in [6.07, 6.45) is 2.31. The van der Waals surface area contributed by atoms with Crippen LogP contribution in [-0.4, -0.2) is 53.5 Å². The lowest BCUT2D eigenvalue weighted by molar-refractivity contribution is 0.00969. The van der Waals surface area contributed by atoms with Crippen LogP contribution in [0.2, 0.25) is 0 Å². The molecule has 0 radical (unpaired) electrons. The van der Waals surface area contributed by atoms with Crippen molar-refractivity contribution in [2.45, 2.75) is 51.7 Å². The molecule has 1 aromatic rings. The van der Waals surface area contributed by atoms with Gasteiger partial charge >= 0.3 is 6.09 Å². The first-order chi connectivity index (χ1) is 11.8. The lowest BCUT2D eigenvalue weighted by Crippen LogP contribution is -2.50. The summed E-state index contributed by atoms with van der Waals surface area (Å²) in [6.45, 7) is 8.63. The van der Waals surface area contributed by atoms with Gasteiger partial charge in [0, 0.05) is 44.2 Å². The lowest BCUT2D eigenvalue weighted by Gasteiger charge is -2.39. The van der Waals surface area contributed by atoms with Gasteiger partial charge in [0.1, 0.15) is 5.60 Å². The second kappa shape index (κ2) is 7.16. The van der Waals surface area contributed by atoms with E-state index in [4.69, 9.17) is 4.74 Å². The minimum atomic E-state index is -0.463.